The second-order valence-electron chi connectivity index (χ2n) is 2.35. The molecule has 1 aromatic rings. The van der Waals surface area contributed by atoms with Gasteiger partial charge in [-0.25, -0.2) is 0 Å². The Morgan fingerprint density at radius 1 is 1.45 bits per heavy atom. The van der Waals surface area contributed by atoms with Gasteiger partial charge < -0.3 is 0 Å². The third kappa shape index (κ3) is 2.00. The van der Waals surface area contributed by atoms with Gasteiger partial charge in [0, 0.05) is 10.6 Å². The molecule has 0 atom stereocenters. The zero-order valence-corrected chi connectivity index (χ0v) is 7.15. The molecule has 1 rings (SSSR count). The van der Waals surface area contributed by atoms with Gasteiger partial charge in [0.1, 0.15) is 0 Å². The summed E-state index contributed by atoms with van der Waals surface area (Å²) in [4.78, 5) is 0. The molecule has 0 nitrogen and oxygen atoms in total. The van der Waals surface area contributed by atoms with Crippen LogP contribution in [0.3, 0.4) is 0 Å². The molecular weight excluding hydrogens is 156 g/mol. The summed E-state index contributed by atoms with van der Waals surface area (Å²) in [6.45, 7) is 2.08. The molecule has 0 heterocycles. The highest BCUT2D eigenvalue weighted by molar-refractivity contribution is 6.30. The van der Waals surface area contributed by atoms with Crippen molar-refractivity contribution in [3.63, 3.8) is 0 Å². The predicted octanol–water partition coefficient (Wildman–Crippen LogP) is 2.88. The zero-order valence-electron chi connectivity index (χ0n) is 6.39. The molecule has 0 aliphatic heterocycles. The lowest BCUT2D eigenvalue weighted by Gasteiger charge is -1.98. The summed E-state index contributed by atoms with van der Waals surface area (Å²) < 4.78 is 0. The van der Waals surface area contributed by atoms with E-state index < -0.39 is 0 Å². The van der Waals surface area contributed by atoms with Crippen molar-refractivity contribution in [1.82, 2.24) is 0 Å². The maximum Gasteiger partial charge on any atom is 0.0421 e. The van der Waals surface area contributed by atoms with Gasteiger partial charge in [0.2, 0.25) is 0 Å². The summed E-state index contributed by atoms with van der Waals surface area (Å²) in [5, 5.41) is 0.720. The van der Waals surface area contributed by atoms with Crippen LogP contribution < -0.4 is 0 Å². The van der Waals surface area contributed by atoms with E-state index in [1.165, 1.54) is 5.56 Å². The highest BCUT2D eigenvalue weighted by Crippen LogP contribution is 2.14. The Morgan fingerprint density at radius 3 is 2.73 bits per heavy atom. The van der Waals surface area contributed by atoms with Crippen LogP contribution in [-0.2, 0) is 6.42 Å². The van der Waals surface area contributed by atoms with Crippen molar-refractivity contribution >= 4 is 11.6 Å². The molecule has 11 heavy (non-hydrogen) atoms. The zero-order chi connectivity index (χ0) is 8.27. The second-order valence-corrected chi connectivity index (χ2v) is 2.78. The fourth-order valence-electron chi connectivity index (χ4n) is 0.938. The van der Waals surface area contributed by atoms with Crippen molar-refractivity contribution in [1.29, 1.82) is 0 Å². The number of rotatable bonds is 1. The molecule has 0 saturated heterocycles. The van der Waals surface area contributed by atoms with Gasteiger partial charge >= 0.3 is 0 Å². The minimum Gasteiger partial charge on any atom is -0.115 e. The topological polar surface area (TPSA) is 0 Å². The predicted molar refractivity (Wildman–Crippen MR) is 48.8 cm³/mol. The molecule has 1 aromatic carbocycles. The van der Waals surface area contributed by atoms with Crippen LogP contribution in [0.1, 0.15) is 18.1 Å². The summed E-state index contributed by atoms with van der Waals surface area (Å²) in [6.07, 6.45) is 6.20. The van der Waals surface area contributed by atoms with Gasteiger partial charge in [0.15, 0.2) is 0 Å². The van der Waals surface area contributed by atoms with Gasteiger partial charge in [-0.15, -0.1) is 6.42 Å². The molecule has 0 bridgehead atoms. The lowest BCUT2D eigenvalue weighted by Crippen LogP contribution is -1.82. The summed E-state index contributed by atoms with van der Waals surface area (Å²) in [5.41, 5.74) is 2.04. The minimum absolute atomic E-state index is 0.720. The molecule has 0 amide bonds. The number of hydrogen-bond acceptors (Lipinski definition) is 0. The first kappa shape index (κ1) is 8.17. The van der Waals surface area contributed by atoms with Crippen molar-refractivity contribution in [2.75, 3.05) is 0 Å². The Hall–Kier alpha value is -0.930. The fraction of sp³-hybridized carbons (Fsp3) is 0.200. The molecule has 56 valence electrons. The molecule has 0 unspecified atom stereocenters. The summed E-state index contributed by atoms with van der Waals surface area (Å²) >= 11 is 5.81. The molecular formula is C10H9Cl. The molecule has 1 heteroatoms. The summed E-state index contributed by atoms with van der Waals surface area (Å²) in [6, 6.07) is 5.70. The average molecular weight is 165 g/mol. The van der Waals surface area contributed by atoms with Crippen molar-refractivity contribution in [2.45, 2.75) is 13.3 Å². The van der Waals surface area contributed by atoms with Crippen molar-refractivity contribution < 1.29 is 0 Å². The molecule has 0 N–H and O–H groups in total. The molecule has 0 saturated carbocycles. The molecule has 0 aliphatic rings. The van der Waals surface area contributed by atoms with Gasteiger partial charge in [-0.2, -0.15) is 0 Å². The van der Waals surface area contributed by atoms with Gasteiger partial charge in [0.25, 0.3) is 0 Å². The van der Waals surface area contributed by atoms with Crippen LogP contribution in [-0.4, -0.2) is 0 Å². The third-order valence-corrected chi connectivity index (χ3v) is 1.75. The maximum absolute atomic E-state index is 5.81. The van der Waals surface area contributed by atoms with Crippen LogP contribution in [0.2, 0.25) is 5.02 Å². The number of halogens is 1. The monoisotopic (exact) mass is 164 g/mol. The van der Waals surface area contributed by atoms with Crippen molar-refractivity contribution in [2.24, 2.45) is 0 Å². The van der Waals surface area contributed by atoms with E-state index in [0.717, 1.165) is 17.0 Å². The van der Waals surface area contributed by atoms with E-state index in [9.17, 15) is 0 Å². The fourth-order valence-corrected chi connectivity index (χ4v) is 1.20. The highest BCUT2D eigenvalue weighted by atomic mass is 35.5. The maximum atomic E-state index is 5.81. The van der Waals surface area contributed by atoms with Gasteiger partial charge in [-0.1, -0.05) is 24.4 Å². The van der Waals surface area contributed by atoms with Gasteiger partial charge in [0.05, 0.1) is 0 Å². The lowest BCUT2D eigenvalue weighted by atomic mass is 10.1. The normalized spacial score (nSPS) is 9.18. The summed E-state index contributed by atoms with van der Waals surface area (Å²) in [7, 11) is 0. The van der Waals surface area contributed by atoms with Crippen LogP contribution in [0, 0.1) is 12.3 Å². The molecule has 0 spiro atoms. The first-order valence-corrected chi connectivity index (χ1v) is 3.90. The van der Waals surface area contributed by atoms with E-state index in [2.05, 4.69) is 12.8 Å². The minimum atomic E-state index is 0.720. The van der Waals surface area contributed by atoms with E-state index in [1.807, 2.05) is 12.1 Å². The van der Waals surface area contributed by atoms with Crippen LogP contribution in [0.4, 0.5) is 0 Å². The number of aryl methyl sites for hydroxylation is 1. The number of terminal acetylenes is 1. The number of hydrogen-bond donors (Lipinski definition) is 0. The second kappa shape index (κ2) is 3.46. The van der Waals surface area contributed by atoms with Crippen LogP contribution in [0.25, 0.3) is 0 Å². The van der Waals surface area contributed by atoms with Crippen LogP contribution >= 0.6 is 11.6 Å². The van der Waals surface area contributed by atoms with Crippen LogP contribution in [0.5, 0.6) is 0 Å². The Labute approximate surface area is 72.2 Å². The largest absolute Gasteiger partial charge is 0.115 e. The Morgan fingerprint density at radius 2 is 2.18 bits per heavy atom. The van der Waals surface area contributed by atoms with Crippen LogP contribution in [0.15, 0.2) is 18.2 Å². The Bertz CT molecular complexity index is 294. The first-order chi connectivity index (χ1) is 5.26. The average Bonchev–Trinajstić information content (AvgIpc) is 2.03. The molecule has 0 aromatic heterocycles. The van der Waals surface area contributed by atoms with E-state index in [-0.39, 0.29) is 0 Å². The highest BCUT2D eigenvalue weighted by Gasteiger charge is 1.94. The Balaban J connectivity index is 3.15. The van der Waals surface area contributed by atoms with Crippen molar-refractivity contribution in [3.05, 3.63) is 34.3 Å². The van der Waals surface area contributed by atoms with Gasteiger partial charge in [-0.05, 0) is 30.2 Å². The molecule has 0 aliphatic carbocycles. The van der Waals surface area contributed by atoms with E-state index in [0.29, 0.717) is 0 Å². The molecule has 0 fully saturated rings. The third-order valence-electron chi connectivity index (χ3n) is 1.53. The first-order valence-electron chi connectivity index (χ1n) is 3.52. The Kier molecular flexibility index (Phi) is 2.57. The summed E-state index contributed by atoms with van der Waals surface area (Å²) in [5.74, 6) is 2.56. The van der Waals surface area contributed by atoms with E-state index in [4.69, 9.17) is 18.0 Å². The standard InChI is InChI=1S/C10H9Cl/c1-3-8-5-9(4-2)7-10(11)6-8/h1,5-7H,4H2,2H3. The van der Waals surface area contributed by atoms with E-state index >= 15 is 0 Å². The quantitative estimate of drug-likeness (QED) is 0.560. The number of benzene rings is 1. The van der Waals surface area contributed by atoms with E-state index in [1.54, 1.807) is 6.07 Å². The molecule has 0 radical (unpaired) electrons. The van der Waals surface area contributed by atoms with Crippen molar-refractivity contribution in [3.8, 4) is 12.3 Å². The van der Waals surface area contributed by atoms with Gasteiger partial charge in [-0.3, -0.25) is 0 Å². The SMILES string of the molecule is C#Cc1cc(Cl)cc(CC)c1. The smallest absolute Gasteiger partial charge is 0.0421 e. The lowest BCUT2D eigenvalue weighted by molar-refractivity contribution is 1.14.